The van der Waals surface area contributed by atoms with E-state index in [9.17, 15) is 9.59 Å². The Kier molecular flexibility index (Phi) is 7.61. The van der Waals surface area contributed by atoms with Gasteiger partial charge in [0.2, 0.25) is 11.8 Å². The van der Waals surface area contributed by atoms with E-state index in [0.717, 1.165) is 63.2 Å². The summed E-state index contributed by atoms with van der Waals surface area (Å²) in [5.74, 6) is 1.94. The first kappa shape index (κ1) is 24.8. The predicted octanol–water partition coefficient (Wildman–Crippen LogP) is 4.56. The SMILES string of the molecule is COc1ccc(CN2CCC3(CCN(CCC(NC(=O)CC4CC4)c4ccccc4)CC3)C2=O)cc1. The van der Waals surface area contributed by atoms with Crippen molar-refractivity contribution in [3.8, 4) is 5.75 Å². The van der Waals surface area contributed by atoms with Crippen molar-refractivity contribution in [2.75, 3.05) is 33.3 Å². The first-order valence-electron chi connectivity index (χ1n) is 13.5. The highest BCUT2D eigenvalue weighted by atomic mass is 16.5. The molecular weight excluding hydrogens is 450 g/mol. The second-order valence-corrected chi connectivity index (χ2v) is 10.9. The van der Waals surface area contributed by atoms with E-state index in [1.165, 1.54) is 18.4 Å². The quantitative estimate of drug-likeness (QED) is 0.532. The fraction of sp³-hybridized carbons (Fsp3) is 0.533. The van der Waals surface area contributed by atoms with Gasteiger partial charge in [0.15, 0.2) is 0 Å². The van der Waals surface area contributed by atoms with Crippen LogP contribution in [-0.4, -0.2) is 54.9 Å². The Morgan fingerprint density at radius 2 is 1.72 bits per heavy atom. The van der Waals surface area contributed by atoms with E-state index >= 15 is 0 Å². The molecule has 3 fully saturated rings. The van der Waals surface area contributed by atoms with Gasteiger partial charge in [0.25, 0.3) is 0 Å². The van der Waals surface area contributed by atoms with Crippen LogP contribution in [0.4, 0.5) is 0 Å². The number of ether oxygens (including phenoxy) is 1. The van der Waals surface area contributed by atoms with Crippen LogP contribution in [0.25, 0.3) is 0 Å². The first-order valence-corrected chi connectivity index (χ1v) is 13.5. The van der Waals surface area contributed by atoms with Crippen LogP contribution < -0.4 is 10.1 Å². The molecule has 1 spiro atoms. The molecule has 5 rings (SSSR count). The Hall–Kier alpha value is -2.86. The summed E-state index contributed by atoms with van der Waals surface area (Å²) in [5.41, 5.74) is 2.13. The van der Waals surface area contributed by atoms with Crippen molar-refractivity contribution in [2.45, 2.75) is 57.5 Å². The summed E-state index contributed by atoms with van der Waals surface area (Å²) in [5, 5.41) is 3.30. The molecule has 2 heterocycles. The number of piperidine rings is 1. The third-order valence-electron chi connectivity index (χ3n) is 8.39. The lowest BCUT2D eigenvalue weighted by molar-refractivity contribution is -0.139. The van der Waals surface area contributed by atoms with Gasteiger partial charge in [-0.3, -0.25) is 9.59 Å². The smallest absolute Gasteiger partial charge is 0.229 e. The van der Waals surface area contributed by atoms with Gasteiger partial charge in [-0.05, 0) is 80.8 Å². The number of nitrogens with zero attached hydrogens (tertiary/aromatic N) is 2. The summed E-state index contributed by atoms with van der Waals surface area (Å²) in [6.45, 7) is 4.34. The van der Waals surface area contributed by atoms with E-state index in [4.69, 9.17) is 4.74 Å². The Morgan fingerprint density at radius 3 is 2.39 bits per heavy atom. The minimum absolute atomic E-state index is 0.0430. The number of rotatable bonds is 10. The number of carbonyl (C=O) groups excluding carboxylic acids is 2. The average Bonchev–Trinajstić information content (AvgIpc) is 3.69. The fourth-order valence-electron chi connectivity index (χ4n) is 5.82. The summed E-state index contributed by atoms with van der Waals surface area (Å²) >= 11 is 0. The monoisotopic (exact) mass is 489 g/mol. The van der Waals surface area contributed by atoms with Crippen LogP contribution in [0.15, 0.2) is 54.6 Å². The molecule has 192 valence electrons. The molecule has 2 aromatic carbocycles. The summed E-state index contributed by atoms with van der Waals surface area (Å²) in [4.78, 5) is 30.5. The number of nitrogens with one attached hydrogen (secondary N) is 1. The molecule has 0 radical (unpaired) electrons. The van der Waals surface area contributed by atoms with Gasteiger partial charge in [-0.1, -0.05) is 42.5 Å². The standard InChI is InChI=1S/C30H39N3O3/c1-36-26-11-9-24(10-12-26)22-33-20-16-30(29(33)35)14-18-32(19-15-30)17-13-27(25-5-3-2-4-6-25)31-28(34)21-23-7-8-23/h2-6,9-12,23,27H,7-8,13-22H2,1H3,(H,31,34). The average molecular weight is 490 g/mol. The highest BCUT2D eigenvalue weighted by Gasteiger charge is 2.47. The van der Waals surface area contributed by atoms with Crippen molar-refractivity contribution in [1.82, 2.24) is 15.1 Å². The van der Waals surface area contributed by atoms with Crippen LogP contribution in [-0.2, 0) is 16.1 Å². The van der Waals surface area contributed by atoms with Gasteiger partial charge in [0.1, 0.15) is 5.75 Å². The molecule has 1 saturated carbocycles. The Morgan fingerprint density at radius 1 is 1.03 bits per heavy atom. The van der Waals surface area contributed by atoms with Crippen molar-refractivity contribution in [2.24, 2.45) is 11.3 Å². The Labute approximate surface area is 215 Å². The lowest BCUT2D eigenvalue weighted by Crippen LogP contribution is -2.45. The van der Waals surface area contributed by atoms with E-state index in [1.54, 1.807) is 7.11 Å². The number of benzene rings is 2. The molecule has 0 aromatic heterocycles. The van der Waals surface area contributed by atoms with Crippen LogP contribution in [0.1, 0.15) is 62.1 Å². The van der Waals surface area contributed by atoms with Crippen LogP contribution >= 0.6 is 0 Å². The fourth-order valence-corrected chi connectivity index (χ4v) is 5.82. The molecule has 36 heavy (non-hydrogen) atoms. The third-order valence-corrected chi connectivity index (χ3v) is 8.39. The van der Waals surface area contributed by atoms with E-state index < -0.39 is 0 Å². The highest BCUT2D eigenvalue weighted by Crippen LogP contribution is 2.42. The molecule has 1 unspecified atom stereocenters. The zero-order valence-electron chi connectivity index (χ0n) is 21.5. The molecule has 2 aromatic rings. The van der Waals surface area contributed by atoms with Gasteiger partial charge < -0.3 is 19.9 Å². The third kappa shape index (κ3) is 5.92. The zero-order valence-corrected chi connectivity index (χ0v) is 21.5. The maximum absolute atomic E-state index is 13.4. The molecule has 1 N–H and O–H groups in total. The first-order chi connectivity index (χ1) is 17.5. The van der Waals surface area contributed by atoms with Crippen LogP contribution in [0.2, 0.25) is 0 Å². The van der Waals surface area contributed by atoms with Crippen molar-refractivity contribution in [1.29, 1.82) is 0 Å². The second kappa shape index (κ2) is 11.0. The molecule has 1 aliphatic carbocycles. The van der Waals surface area contributed by atoms with Crippen molar-refractivity contribution < 1.29 is 14.3 Å². The lowest BCUT2D eigenvalue weighted by Gasteiger charge is -2.38. The molecule has 2 saturated heterocycles. The maximum atomic E-state index is 13.4. The highest BCUT2D eigenvalue weighted by molar-refractivity contribution is 5.85. The zero-order chi connectivity index (χ0) is 25.0. The second-order valence-electron chi connectivity index (χ2n) is 10.9. The molecule has 2 aliphatic heterocycles. The van der Waals surface area contributed by atoms with Crippen molar-refractivity contribution in [3.05, 3.63) is 65.7 Å². The molecule has 6 nitrogen and oxygen atoms in total. The number of likely N-dealkylation sites (tertiary alicyclic amines) is 2. The number of hydrogen-bond donors (Lipinski definition) is 1. The lowest BCUT2D eigenvalue weighted by atomic mass is 9.77. The van der Waals surface area contributed by atoms with Crippen LogP contribution in [0, 0.1) is 11.3 Å². The number of carbonyl (C=O) groups is 2. The largest absolute Gasteiger partial charge is 0.497 e. The Balaban J connectivity index is 1.13. The number of amides is 2. The molecule has 0 bridgehead atoms. The molecule has 6 heteroatoms. The molecule has 1 atom stereocenters. The maximum Gasteiger partial charge on any atom is 0.229 e. The van der Waals surface area contributed by atoms with Crippen molar-refractivity contribution >= 4 is 11.8 Å². The van der Waals surface area contributed by atoms with Gasteiger partial charge in [0.05, 0.1) is 18.6 Å². The normalized spacial score (nSPS) is 20.5. The number of hydrogen-bond acceptors (Lipinski definition) is 4. The summed E-state index contributed by atoms with van der Waals surface area (Å²) in [6.07, 6.45) is 6.74. The minimum Gasteiger partial charge on any atom is -0.497 e. The van der Waals surface area contributed by atoms with Gasteiger partial charge in [-0.25, -0.2) is 0 Å². The molecule has 3 aliphatic rings. The minimum atomic E-state index is -0.194. The van der Waals surface area contributed by atoms with Gasteiger partial charge in [-0.15, -0.1) is 0 Å². The van der Waals surface area contributed by atoms with E-state index in [0.29, 0.717) is 24.8 Å². The summed E-state index contributed by atoms with van der Waals surface area (Å²) in [6, 6.07) is 18.4. The summed E-state index contributed by atoms with van der Waals surface area (Å²) in [7, 11) is 1.67. The molecule has 2 amide bonds. The van der Waals surface area contributed by atoms with Crippen LogP contribution in [0.3, 0.4) is 0 Å². The van der Waals surface area contributed by atoms with Gasteiger partial charge in [-0.2, -0.15) is 0 Å². The van der Waals surface area contributed by atoms with Gasteiger partial charge >= 0.3 is 0 Å². The molecular formula is C30H39N3O3. The van der Waals surface area contributed by atoms with Crippen molar-refractivity contribution in [3.63, 3.8) is 0 Å². The summed E-state index contributed by atoms with van der Waals surface area (Å²) < 4.78 is 5.25. The van der Waals surface area contributed by atoms with E-state index in [1.807, 2.05) is 47.4 Å². The predicted molar refractivity (Wildman–Crippen MR) is 140 cm³/mol. The number of methoxy groups -OCH3 is 1. The van der Waals surface area contributed by atoms with Crippen LogP contribution in [0.5, 0.6) is 5.75 Å². The Bertz CT molecular complexity index is 1030. The van der Waals surface area contributed by atoms with E-state index in [2.05, 4.69) is 22.3 Å². The van der Waals surface area contributed by atoms with Gasteiger partial charge in [0, 0.05) is 26.1 Å². The van der Waals surface area contributed by atoms with E-state index in [-0.39, 0.29) is 17.4 Å². The topological polar surface area (TPSA) is 61.9 Å².